The first-order valence-corrected chi connectivity index (χ1v) is 8.09. The smallest absolute Gasteiger partial charge is 0.410 e. The standard InChI is InChI=1S/C16H24N2O5/c1-16(2,3)23-15(21)18-9-5-10(18)8-17(7-9)13(19)11-6-12(11)14(20)22-4/h9-12H,5-8H2,1-4H3/t9?,10?,11-,12-/m0/s1. The van der Waals surface area contributed by atoms with E-state index in [4.69, 9.17) is 4.74 Å². The average molecular weight is 324 g/mol. The zero-order valence-corrected chi connectivity index (χ0v) is 14.1. The molecule has 7 heteroatoms. The molecule has 0 aromatic carbocycles. The molecule has 4 atom stereocenters. The van der Waals surface area contributed by atoms with Crippen molar-refractivity contribution >= 4 is 18.0 Å². The van der Waals surface area contributed by atoms with Crippen LogP contribution in [0.5, 0.6) is 0 Å². The van der Waals surface area contributed by atoms with Crippen LogP contribution in [0.25, 0.3) is 0 Å². The topological polar surface area (TPSA) is 76.2 Å². The van der Waals surface area contributed by atoms with Crippen LogP contribution in [-0.2, 0) is 19.1 Å². The molecular formula is C16H24N2O5. The average Bonchev–Trinajstić information content (AvgIpc) is 3.24. The number of carbonyl (C=O) groups is 3. The number of piperidine rings is 1. The monoisotopic (exact) mass is 324 g/mol. The lowest BCUT2D eigenvalue weighted by Gasteiger charge is -2.55. The van der Waals surface area contributed by atoms with E-state index in [0.717, 1.165) is 6.42 Å². The molecule has 7 nitrogen and oxygen atoms in total. The summed E-state index contributed by atoms with van der Waals surface area (Å²) in [6, 6.07) is 0.0609. The number of hydrogen-bond donors (Lipinski definition) is 0. The third-order valence-electron chi connectivity index (χ3n) is 4.72. The second-order valence-corrected chi connectivity index (χ2v) is 7.65. The lowest BCUT2D eigenvalue weighted by molar-refractivity contribution is -0.148. The van der Waals surface area contributed by atoms with Gasteiger partial charge in [-0.15, -0.1) is 0 Å². The number of ether oxygens (including phenoxy) is 2. The van der Waals surface area contributed by atoms with Crippen molar-refractivity contribution in [2.75, 3.05) is 20.2 Å². The highest BCUT2D eigenvalue weighted by Crippen LogP contribution is 2.43. The van der Waals surface area contributed by atoms with Crippen molar-refractivity contribution in [2.24, 2.45) is 11.8 Å². The first-order chi connectivity index (χ1) is 10.7. The Kier molecular flexibility index (Phi) is 3.77. The molecule has 0 spiro atoms. The summed E-state index contributed by atoms with van der Waals surface area (Å²) in [5, 5.41) is 0. The van der Waals surface area contributed by atoms with E-state index in [-0.39, 0.29) is 41.9 Å². The molecule has 1 saturated carbocycles. The van der Waals surface area contributed by atoms with E-state index in [1.807, 2.05) is 20.8 Å². The van der Waals surface area contributed by atoms with Gasteiger partial charge in [-0.05, 0) is 33.6 Å². The summed E-state index contributed by atoms with van der Waals surface area (Å²) in [6.07, 6.45) is 1.19. The Bertz CT molecular complexity index is 529. The summed E-state index contributed by atoms with van der Waals surface area (Å²) in [6.45, 7) is 6.58. The number of amides is 2. The number of esters is 1. The maximum absolute atomic E-state index is 12.4. The van der Waals surface area contributed by atoms with Crippen LogP contribution < -0.4 is 0 Å². The van der Waals surface area contributed by atoms with Gasteiger partial charge in [0.1, 0.15) is 5.60 Å². The number of rotatable bonds is 2. The number of nitrogens with zero attached hydrogens (tertiary/aromatic N) is 2. The van der Waals surface area contributed by atoms with E-state index in [2.05, 4.69) is 4.74 Å². The summed E-state index contributed by atoms with van der Waals surface area (Å²) in [7, 11) is 1.34. The molecule has 4 aliphatic rings. The minimum Gasteiger partial charge on any atom is -0.469 e. The molecule has 1 aliphatic carbocycles. The van der Waals surface area contributed by atoms with E-state index in [1.54, 1.807) is 9.80 Å². The molecule has 128 valence electrons. The lowest BCUT2D eigenvalue weighted by atomic mass is 9.87. The summed E-state index contributed by atoms with van der Waals surface area (Å²) in [5.74, 6) is -0.817. The highest BCUT2D eigenvalue weighted by atomic mass is 16.6. The van der Waals surface area contributed by atoms with Crippen LogP contribution in [0.2, 0.25) is 0 Å². The van der Waals surface area contributed by atoms with Crippen molar-refractivity contribution in [3.63, 3.8) is 0 Å². The molecule has 2 bridgehead atoms. The lowest BCUT2D eigenvalue weighted by Crippen LogP contribution is -2.71. The fraction of sp³-hybridized carbons (Fsp3) is 0.812. The van der Waals surface area contributed by atoms with Gasteiger partial charge in [0, 0.05) is 13.1 Å². The van der Waals surface area contributed by atoms with Gasteiger partial charge in [-0.1, -0.05) is 0 Å². The van der Waals surface area contributed by atoms with Gasteiger partial charge in [-0.25, -0.2) is 4.79 Å². The number of piperazine rings is 1. The molecule has 0 radical (unpaired) electrons. The fourth-order valence-electron chi connectivity index (χ4n) is 3.52. The van der Waals surface area contributed by atoms with Crippen LogP contribution in [0.1, 0.15) is 33.6 Å². The molecule has 0 aromatic heterocycles. The summed E-state index contributed by atoms with van der Waals surface area (Å²) >= 11 is 0. The summed E-state index contributed by atoms with van der Waals surface area (Å²) < 4.78 is 10.1. The van der Waals surface area contributed by atoms with E-state index in [9.17, 15) is 14.4 Å². The maximum Gasteiger partial charge on any atom is 0.410 e. The molecule has 2 amide bonds. The van der Waals surface area contributed by atoms with Gasteiger partial charge in [0.25, 0.3) is 0 Å². The quantitative estimate of drug-likeness (QED) is 0.709. The Morgan fingerprint density at radius 3 is 2.13 bits per heavy atom. The first kappa shape index (κ1) is 16.1. The van der Waals surface area contributed by atoms with E-state index < -0.39 is 5.60 Å². The molecule has 3 heterocycles. The third kappa shape index (κ3) is 3.01. The van der Waals surface area contributed by atoms with Crippen LogP contribution in [0, 0.1) is 11.8 Å². The van der Waals surface area contributed by atoms with E-state index in [0.29, 0.717) is 19.5 Å². The van der Waals surface area contributed by atoms with E-state index >= 15 is 0 Å². The Morgan fingerprint density at radius 1 is 1.00 bits per heavy atom. The Balaban J connectivity index is 1.54. The molecule has 4 fully saturated rings. The van der Waals surface area contributed by atoms with Gasteiger partial charge < -0.3 is 14.4 Å². The zero-order chi connectivity index (χ0) is 16.9. The van der Waals surface area contributed by atoms with Gasteiger partial charge in [-0.3, -0.25) is 14.5 Å². The largest absolute Gasteiger partial charge is 0.469 e. The molecule has 3 saturated heterocycles. The van der Waals surface area contributed by atoms with Gasteiger partial charge >= 0.3 is 12.1 Å². The normalized spacial score (nSPS) is 32.0. The SMILES string of the molecule is COC(=O)[C@H]1C[C@@H]1C(=O)N1CC2CC(C1)N2C(=O)OC(C)(C)C. The van der Waals surface area contributed by atoms with Gasteiger partial charge in [0.05, 0.1) is 31.0 Å². The van der Waals surface area contributed by atoms with Gasteiger partial charge in [-0.2, -0.15) is 0 Å². The van der Waals surface area contributed by atoms with E-state index in [1.165, 1.54) is 7.11 Å². The van der Waals surface area contributed by atoms with Crippen LogP contribution in [-0.4, -0.2) is 65.7 Å². The van der Waals surface area contributed by atoms with Gasteiger partial charge in [0.2, 0.25) is 5.91 Å². The fourth-order valence-corrected chi connectivity index (χ4v) is 3.52. The third-order valence-corrected chi connectivity index (χ3v) is 4.72. The van der Waals surface area contributed by atoms with Crippen LogP contribution >= 0.6 is 0 Å². The number of fused-ring (bicyclic) bond motifs is 2. The van der Waals surface area contributed by atoms with Crippen LogP contribution in [0.3, 0.4) is 0 Å². The van der Waals surface area contributed by atoms with Crippen molar-refractivity contribution < 1.29 is 23.9 Å². The summed E-state index contributed by atoms with van der Waals surface area (Å²) in [4.78, 5) is 39.6. The molecular weight excluding hydrogens is 300 g/mol. The predicted octanol–water partition coefficient (Wildman–Crippen LogP) is 1.02. The second-order valence-electron chi connectivity index (χ2n) is 7.65. The summed E-state index contributed by atoms with van der Waals surface area (Å²) in [5.41, 5.74) is -0.516. The maximum atomic E-state index is 12.4. The number of hydrogen-bond acceptors (Lipinski definition) is 5. The highest BCUT2D eigenvalue weighted by molar-refractivity contribution is 5.90. The zero-order valence-electron chi connectivity index (χ0n) is 14.1. The number of methoxy groups -OCH3 is 1. The van der Waals surface area contributed by atoms with Crippen molar-refractivity contribution in [1.82, 2.24) is 9.80 Å². The molecule has 23 heavy (non-hydrogen) atoms. The Hall–Kier alpha value is -1.79. The predicted molar refractivity (Wildman–Crippen MR) is 80.5 cm³/mol. The first-order valence-electron chi connectivity index (χ1n) is 8.09. The van der Waals surface area contributed by atoms with Gasteiger partial charge in [0.15, 0.2) is 0 Å². The Morgan fingerprint density at radius 2 is 1.61 bits per heavy atom. The Labute approximate surface area is 135 Å². The molecule has 2 unspecified atom stereocenters. The minimum atomic E-state index is -0.516. The van der Waals surface area contributed by atoms with Crippen molar-refractivity contribution in [1.29, 1.82) is 0 Å². The molecule has 4 rings (SSSR count). The molecule has 0 aromatic rings. The van der Waals surface area contributed by atoms with Crippen LogP contribution in [0.4, 0.5) is 4.79 Å². The molecule has 3 aliphatic heterocycles. The highest BCUT2D eigenvalue weighted by Gasteiger charge is 2.55. The second kappa shape index (κ2) is 5.39. The van der Waals surface area contributed by atoms with Crippen molar-refractivity contribution in [2.45, 2.75) is 51.3 Å². The van der Waals surface area contributed by atoms with Crippen LogP contribution in [0.15, 0.2) is 0 Å². The minimum absolute atomic E-state index is 0.0129. The van der Waals surface area contributed by atoms with Crippen molar-refractivity contribution in [3.05, 3.63) is 0 Å². The number of carbonyl (C=O) groups excluding carboxylic acids is 3. The molecule has 0 N–H and O–H groups in total. The van der Waals surface area contributed by atoms with Crippen molar-refractivity contribution in [3.8, 4) is 0 Å².